The summed E-state index contributed by atoms with van der Waals surface area (Å²) in [5.74, 6) is 1.50. The molecule has 1 aliphatic carbocycles. The van der Waals surface area contributed by atoms with Gasteiger partial charge in [-0.25, -0.2) is 0 Å². The van der Waals surface area contributed by atoms with E-state index in [9.17, 15) is 4.79 Å². The predicted molar refractivity (Wildman–Crippen MR) is 86.4 cm³/mol. The topological polar surface area (TPSA) is 38.8 Å². The van der Waals surface area contributed by atoms with Crippen molar-refractivity contribution in [3.63, 3.8) is 0 Å². The van der Waals surface area contributed by atoms with Gasteiger partial charge in [0.15, 0.2) is 6.61 Å². The van der Waals surface area contributed by atoms with E-state index in [1.54, 1.807) is 18.4 Å². The van der Waals surface area contributed by atoms with Crippen molar-refractivity contribution in [1.29, 1.82) is 0 Å². The minimum atomic E-state index is 0.0479. The molecule has 0 bridgehead atoms. The van der Waals surface area contributed by atoms with Crippen LogP contribution in [-0.2, 0) is 11.3 Å². The van der Waals surface area contributed by atoms with Crippen molar-refractivity contribution in [2.24, 2.45) is 0 Å². The van der Waals surface area contributed by atoms with Crippen molar-refractivity contribution in [3.8, 4) is 11.5 Å². The third kappa shape index (κ3) is 3.80. The normalized spacial score (nSPS) is 13.7. The summed E-state index contributed by atoms with van der Waals surface area (Å²) in [6.45, 7) is 0.765. The highest BCUT2D eigenvalue weighted by atomic mass is 32.1. The first-order valence-electron chi connectivity index (χ1n) is 7.35. The molecule has 5 heteroatoms. The van der Waals surface area contributed by atoms with Crippen LogP contribution < -0.4 is 9.47 Å². The number of rotatable bonds is 7. The Kier molecular flexibility index (Phi) is 4.63. The zero-order valence-electron chi connectivity index (χ0n) is 12.5. The maximum Gasteiger partial charge on any atom is 0.261 e. The molecular formula is C17H19NO3S. The van der Waals surface area contributed by atoms with Gasteiger partial charge in [0.1, 0.15) is 11.5 Å². The smallest absolute Gasteiger partial charge is 0.261 e. The number of benzene rings is 1. The van der Waals surface area contributed by atoms with E-state index in [-0.39, 0.29) is 12.5 Å². The Morgan fingerprint density at radius 1 is 1.23 bits per heavy atom. The van der Waals surface area contributed by atoms with Crippen LogP contribution in [0.15, 0.2) is 41.8 Å². The van der Waals surface area contributed by atoms with Crippen LogP contribution in [0.3, 0.4) is 0 Å². The molecule has 3 rings (SSSR count). The molecule has 1 aliphatic rings. The average molecular weight is 317 g/mol. The fraction of sp³-hybridized carbons (Fsp3) is 0.353. The van der Waals surface area contributed by atoms with Crippen LogP contribution in [0.2, 0.25) is 0 Å². The zero-order chi connectivity index (χ0) is 15.4. The van der Waals surface area contributed by atoms with Gasteiger partial charge in [0.2, 0.25) is 0 Å². The van der Waals surface area contributed by atoms with Crippen LogP contribution >= 0.6 is 11.3 Å². The lowest BCUT2D eigenvalue weighted by molar-refractivity contribution is -0.134. The number of hydrogen-bond acceptors (Lipinski definition) is 4. The number of carbonyl (C=O) groups excluding carboxylic acids is 1. The molecule has 0 spiro atoms. The van der Waals surface area contributed by atoms with Gasteiger partial charge in [-0.15, -0.1) is 11.3 Å². The molecule has 22 heavy (non-hydrogen) atoms. The number of ether oxygens (including phenoxy) is 2. The third-order valence-electron chi connectivity index (χ3n) is 3.64. The van der Waals surface area contributed by atoms with E-state index in [2.05, 4.69) is 6.07 Å². The van der Waals surface area contributed by atoms with Crippen molar-refractivity contribution in [2.45, 2.75) is 25.4 Å². The monoisotopic (exact) mass is 317 g/mol. The van der Waals surface area contributed by atoms with Crippen LogP contribution in [0.4, 0.5) is 0 Å². The summed E-state index contributed by atoms with van der Waals surface area (Å²) in [6.07, 6.45) is 2.19. The van der Waals surface area contributed by atoms with Crippen LogP contribution in [0.5, 0.6) is 11.5 Å². The molecule has 1 aromatic carbocycles. The standard InChI is InChI=1S/C17H19NO3S/c1-20-14-6-8-15(9-7-14)21-12-17(19)18(13-4-5-13)11-16-3-2-10-22-16/h2-3,6-10,13H,4-5,11-12H2,1H3. The van der Waals surface area contributed by atoms with E-state index >= 15 is 0 Å². The average Bonchev–Trinajstić information content (AvgIpc) is 3.27. The molecule has 1 amide bonds. The van der Waals surface area contributed by atoms with Gasteiger partial charge < -0.3 is 14.4 Å². The van der Waals surface area contributed by atoms with Crippen molar-refractivity contribution in [2.75, 3.05) is 13.7 Å². The number of hydrogen-bond donors (Lipinski definition) is 0. The summed E-state index contributed by atoms with van der Waals surface area (Å²) in [4.78, 5) is 15.6. The Morgan fingerprint density at radius 3 is 2.55 bits per heavy atom. The molecule has 0 radical (unpaired) electrons. The highest BCUT2D eigenvalue weighted by molar-refractivity contribution is 7.09. The summed E-state index contributed by atoms with van der Waals surface area (Å²) in [6, 6.07) is 11.7. The molecule has 1 fully saturated rings. The molecule has 0 aliphatic heterocycles. The minimum absolute atomic E-state index is 0.0479. The molecule has 116 valence electrons. The molecule has 1 aromatic heterocycles. The molecule has 1 heterocycles. The molecule has 0 saturated heterocycles. The van der Waals surface area contributed by atoms with E-state index in [1.807, 2.05) is 40.6 Å². The number of thiophene rings is 1. The van der Waals surface area contributed by atoms with Gasteiger partial charge in [-0.05, 0) is 48.6 Å². The van der Waals surface area contributed by atoms with Gasteiger partial charge in [-0.3, -0.25) is 4.79 Å². The lowest BCUT2D eigenvalue weighted by Crippen LogP contribution is -2.36. The molecule has 1 saturated carbocycles. The van der Waals surface area contributed by atoms with Crippen LogP contribution in [0, 0.1) is 0 Å². The Balaban J connectivity index is 1.56. The maximum atomic E-state index is 12.4. The van der Waals surface area contributed by atoms with Crippen LogP contribution in [-0.4, -0.2) is 30.6 Å². The maximum absolute atomic E-state index is 12.4. The highest BCUT2D eigenvalue weighted by Gasteiger charge is 2.32. The fourth-order valence-corrected chi connectivity index (χ4v) is 2.98. The lowest BCUT2D eigenvalue weighted by Gasteiger charge is -2.22. The number of methoxy groups -OCH3 is 1. The molecule has 4 nitrogen and oxygen atoms in total. The molecule has 2 aromatic rings. The van der Waals surface area contributed by atoms with E-state index < -0.39 is 0 Å². The first-order valence-corrected chi connectivity index (χ1v) is 8.23. The molecule has 0 unspecified atom stereocenters. The van der Waals surface area contributed by atoms with Gasteiger partial charge in [0, 0.05) is 10.9 Å². The van der Waals surface area contributed by atoms with Crippen molar-refractivity contribution < 1.29 is 14.3 Å². The predicted octanol–water partition coefficient (Wildman–Crippen LogP) is 3.33. The fourth-order valence-electron chi connectivity index (χ4n) is 2.28. The number of carbonyl (C=O) groups is 1. The molecule has 0 N–H and O–H groups in total. The second kappa shape index (κ2) is 6.83. The Bertz CT molecular complexity index is 605. The second-order valence-electron chi connectivity index (χ2n) is 5.30. The lowest BCUT2D eigenvalue weighted by atomic mass is 10.3. The first kappa shape index (κ1) is 14.9. The van der Waals surface area contributed by atoms with Gasteiger partial charge in [-0.2, -0.15) is 0 Å². The van der Waals surface area contributed by atoms with E-state index in [0.29, 0.717) is 18.3 Å². The summed E-state index contributed by atoms with van der Waals surface area (Å²) < 4.78 is 10.7. The van der Waals surface area contributed by atoms with Gasteiger partial charge in [-0.1, -0.05) is 6.07 Å². The summed E-state index contributed by atoms with van der Waals surface area (Å²) >= 11 is 1.68. The van der Waals surface area contributed by atoms with Crippen molar-refractivity contribution in [3.05, 3.63) is 46.7 Å². The number of amides is 1. The van der Waals surface area contributed by atoms with Crippen LogP contribution in [0.1, 0.15) is 17.7 Å². The van der Waals surface area contributed by atoms with Crippen LogP contribution in [0.25, 0.3) is 0 Å². The quantitative estimate of drug-likeness (QED) is 0.786. The zero-order valence-corrected chi connectivity index (χ0v) is 13.3. The first-order chi connectivity index (χ1) is 10.8. The third-order valence-corrected chi connectivity index (χ3v) is 4.50. The van der Waals surface area contributed by atoms with Crippen molar-refractivity contribution >= 4 is 17.2 Å². The Hall–Kier alpha value is -2.01. The Morgan fingerprint density at radius 2 is 1.95 bits per heavy atom. The Labute approximate surface area is 134 Å². The summed E-state index contributed by atoms with van der Waals surface area (Å²) in [7, 11) is 1.62. The number of nitrogens with zero attached hydrogens (tertiary/aromatic N) is 1. The largest absolute Gasteiger partial charge is 0.497 e. The highest BCUT2D eigenvalue weighted by Crippen LogP contribution is 2.29. The minimum Gasteiger partial charge on any atom is -0.497 e. The van der Waals surface area contributed by atoms with Gasteiger partial charge in [0.25, 0.3) is 5.91 Å². The summed E-state index contributed by atoms with van der Waals surface area (Å²) in [5, 5.41) is 2.04. The molecule has 0 atom stereocenters. The summed E-state index contributed by atoms with van der Waals surface area (Å²) in [5.41, 5.74) is 0. The second-order valence-corrected chi connectivity index (χ2v) is 6.33. The van der Waals surface area contributed by atoms with E-state index in [4.69, 9.17) is 9.47 Å². The van der Waals surface area contributed by atoms with Gasteiger partial charge in [0.05, 0.1) is 13.7 Å². The van der Waals surface area contributed by atoms with Crippen molar-refractivity contribution in [1.82, 2.24) is 4.90 Å². The van der Waals surface area contributed by atoms with E-state index in [0.717, 1.165) is 18.6 Å². The van der Waals surface area contributed by atoms with E-state index in [1.165, 1.54) is 4.88 Å². The molecular weight excluding hydrogens is 298 g/mol. The van der Waals surface area contributed by atoms with Gasteiger partial charge >= 0.3 is 0 Å². The SMILES string of the molecule is COc1ccc(OCC(=O)N(Cc2cccs2)C2CC2)cc1.